The highest BCUT2D eigenvalue weighted by Gasteiger charge is 2.05. The zero-order valence-electron chi connectivity index (χ0n) is 13.9. The zero-order chi connectivity index (χ0) is 16.7. The minimum Gasteiger partial charge on any atom is -0.492 e. The number of amides is 1. The molecule has 2 aromatic rings. The lowest BCUT2D eigenvalue weighted by molar-refractivity contribution is -0.118. The van der Waals surface area contributed by atoms with Crippen LogP contribution in [-0.4, -0.2) is 24.8 Å². The van der Waals surface area contributed by atoms with Crippen LogP contribution in [0.1, 0.15) is 16.7 Å². The second-order valence-corrected chi connectivity index (χ2v) is 6.59. The number of thioether (sulfide) groups is 1. The van der Waals surface area contributed by atoms with Gasteiger partial charge in [-0.1, -0.05) is 35.4 Å². The molecule has 2 rings (SSSR count). The molecule has 0 aliphatic rings. The summed E-state index contributed by atoms with van der Waals surface area (Å²) < 4.78 is 5.59. The number of rotatable bonds is 7. The van der Waals surface area contributed by atoms with Crippen LogP contribution in [0.5, 0.6) is 5.75 Å². The van der Waals surface area contributed by atoms with Crippen LogP contribution in [0.3, 0.4) is 0 Å². The first kappa shape index (κ1) is 17.4. The normalized spacial score (nSPS) is 10.4. The van der Waals surface area contributed by atoms with E-state index in [1.54, 1.807) is 11.8 Å². The third kappa shape index (κ3) is 5.99. The molecule has 0 unspecified atom stereocenters. The Morgan fingerprint density at radius 2 is 1.74 bits per heavy atom. The molecule has 2 aromatic carbocycles. The molecule has 0 heterocycles. The molecule has 0 bridgehead atoms. The predicted molar refractivity (Wildman–Crippen MR) is 96.3 cm³/mol. The zero-order valence-corrected chi connectivity index (χ0v) is 14.7. The van der Waals surface area contributed by atoms with E-state index < -0.39 is 0 Å². The van der Waals surface area contributed by atoms with Gasteiger partial charge < -0.3 is 10.1 Å². The fourth-order valence-corrected chi connectivity index (χ4v) is 3.00. The summed E-state index contributed by atoms with van der Waals surface area (Å²) in [6.07, 6.45) is 0. The van der Waals surface area contributed by atoms with Gasteiger partial charge in [-0.3, -0.25) is 4.79 Å². The molecule has 0 atom stereocenters. The quantitative estimate of drug-likeness (QED) is 0.618. The minimum absolute atomic E-state index is 0.0309. The van der Waals surface area contributed by atoms with Crippen LogP contribution in [0.25, 0.3) is 0 Å². The number of ether oxygens (including phenoxy) is 1. The van der Waals surface area contributed by atoms with Gasteiger partial charge in [0.15, 0.2) is 0 Å². The lowest BCUT2D eigenvalue weighted by Gasteiger charge is -2.09. The van der Waals surface area contributed by atoms with Crippen LogP contribution in [-0.2, 0) is 4.79 Å². The van der Waals surface area contributed by atoms with Crippen molar-refractivity contribution in [2.75, 3.05) is 18.9 Å². The Morgan fingerprint density at radius 3 is 2.48 bits per heavy atom. The lowest BCUT2D eigenvalue weighted by atomic mass is 10.2. The highest BCUT2D eigenvalue weighted by molar-refractivity contribution is 8.00. The molecule has 0 radical (unpaired) electrons. The van der Waals surface area contributed by atoms with E-state index in [9.17, 15) is 4.79 Å². The Morgan fingerprint density at radius 1 is 1.04 bits per heavy atom. The van der Waals surface area contributed by atoms with Crippen LogP contribution in [0.4, 0.5) is 0 Å². The van der Waals surface area contributed by atoms with Crippen LogP contribution in [0.15, 0.2) is 47.4 Å². The Hall–Kier alpha value is -1.94. The smallest absolute Gasteiger partial charge is 0.230 e. The van der Waals surface area contributed by atoms with E-state index in [1.165, 1.54) is 16.7 Å². The number of hydrogen-bond acceptors (Lipinski definition) is 3. The number of carbonyl (C=O) groups is 1. The molecule has 0 aromatic heterocycles. The lowest BCUT2D eigenvalue weighted by Crippen LogP contribution is -2.29. The van der Waals surface area contributed by atoms with Crippen molar-refractivity contribution in [2.45, 2.75) is 25.7 Å². The van der Waals surface area contributed by atoms with Gasteiger partial charge in [0.2, 0.25) is 5.91 Å². The SMILES string of the molecule is Cc1ccc(OCCNC(=O)CSc2cc(C)ccc2C)cc1. The summed E-state index contributed by atoms with van der Waals surface area (Å²) in [4.78, 5) is 13.0. The molecule has 0 aliphatic carbocycles. The summed E-state index contributed by atoms with van der Waals surface area (Å²) in [5, 5.41) is 2.88. The maximum Gasteiger partial charge on any atom is 0.230 e. The van der Waals surface area contributed by atoms with E-state index in [2.05, 4.69) is 37.4 Å². The molecule has 4 heteroatoms. The van der Waals surface area contributed by atoms with Gasteiger partial charge in [-0.25, -0.2) is 0 Å². The standard InChI is InChI=1S/C19H23NO2S/c1-14-5-8-17(9-6-14)22-11-10-20-19(21)13-23-18-12-15(2)4-7-16(18)3/h4-9,12H,10-11,13H2,1-3H3,(H,20,21). The summed E-state index contributed by atoms with van der Waals surface area (Å²) in [7, 11) is 0. The average molecular weight is 329 g/mol. The summed E-state index contributed by atoms with van der Waals surface area (Å²) >= 11 is 1.57. The van der Waals surface area contributed by atoms with Gasteiger partial charge in [0, 0.05) is 4.90 Å². The Kier molecular flexibility index (Phi) is 6.53. The first-order valence-corrected chi connectivity index (χ1v) is 8.69. The van der Waals surface area contributed by atoms with Crippen molar-refractivity contribution in [1.82, 2.24) is 5.32 Å². The van der Waals surface area contributed by atoms with Gasteiger partial charge in [-0.2, -0.15) is 0 Å². The Balaban J connectivity index is 1.67. The molecular weight excluding hydrogens is 306 g/mol. The van der Waals surface area contributed by atoms with E-state index in [0.29, 0.717) is 18.9 Å². The summed E-state index contributed by atoms with van der Waals surface area (Å²) in [6.45, 7) is 7.15. The van der Waals surface area contributed by atoms with E-state index in [0.717, 1.165) is 10.6 Å². The molecular formula is C19H23NO2S. The number of hydrogen-bond donors (Lipinski definition) is 1. The first-order chi connectivity index (χ1) is 11.0. The van der Waals surface area contributed by atoms with E-state index in [4.69, 9.17) is 4.74 Å². The maximum atomic E-state index is 11.9. The molecule has 0 spiro atoms. The molecule has 0 saturated heterocycles. The second-order valence-electron chi connectivity index (χ2n) is 5.57. The highest BCUT2D eigenvalue weighted by atomic mass is 32.2. The maximum absolute atomic E-state index is 11.9. The third-order valence-corrected chi connectivity index (χ3v) is 4.57. The summed E-state index contributed by atoms with van der Waals surface area (Å²) in [5.41, 5.74) is 3.62. The number of benzene rings is 2. The average Bonchev–Trinajstić information content (AvgIpc) is 2.54. The molecule has 23 heavy (non-hydrogen) atoms. The van der Waals surface area contributed by atoms with E-state index >= 15 is 0 Å². The van der Waals surface area contributed by atoms with Gasteiger partial charge in [0.05, 0.1) is 12.3 Å². The summed E-state index contributed by atoms with van der Waals surface area (Å²) in [5.74, 6) is 1.28. The Labute approximate surface area is 142 Å². The van der Waals surface area contributed by atoms with Gasteiger partial charge in [-0.15, -0.1) is 11.8 Å². The number of nitrogens with one attached hydrogen (secondary N) is 1. The molecule has 1 amide bonds. The molecule has 0 fully saturated rings. The van der Waals surface area contributed by atoms with Crippen LogP contribution < -0.4 is 10.1 Å². The van der Waals surface area contributed by atoms with Crippen molar-refractivity contribution in [3.63, 3.8) is 0 Å². The third-order valence-electron chi connectivity index (χ3n) is 3.42. The van der Waals surface area contributed by atoms with Crippen LogP contribution in [0, 0.1) is 20.8 Å². The van der Waals surface area contributed by atoms with Crippen molar-refractivity contribution in [3.05, 3.63) is 59.2 Å². The van der Waals surface area contributed by atoms with Crippen molar-refractivity contribution >= 4 is 17.7 Å². The van der Waals surface area contributed by atoms with Crippen LogP contribution >= 0.6 is 11.8 Å². The van der Waals surface area contributed by atoms with E-state index in [-0.39, 0.29) is 5.91 Å². The molecule has 0 saturated carbocycles. The molecule has 0 aliphatic heterocycles. The highest BCUT2D eigenvalue weighted by Crippen LogP contribution is 2.23. The second kappa shape index (κ2) is 8.63. The fraction of sp³-hybridized carbons (Fsp3) is 0.316. The van der Waals surface area contributed by atoms with Crippen molar-refractivity contribution in [1.29, 1.82) is 0 Å². The van der Waals surface area contributed by atoms with Crippen molar-refractivity contribution in [3.8, 4) is 5.75 Å². The molecule has 122 valence electrons. The molecule has 1 N–H and O–H groups in total. The molecule has 3 nitrogen and oxygen atoms in total. The van der Waals surface area contributed by atoms with Crippen molar-refractivity contribution < 1.29 is 9.53 Å². The monoisotopic (exact) mass is 329 g/mol. The number of carbonyl (C=O) groups excluding carboxylic acids is 1. The summed E-state index contributed by atoms with van der Waals surface area (Å²) in [6, 6.07) is 14.2. The van der Waals surface area contributed by atoms with Gasteiger partial charge >= 0.3 is 0 Å². The minimum atomic E-state index is 0.0309. The van der Waals surface area contributed by atoms with Crippen LogP contribution in [0.2, 0.25) is 0 Å². The fourth-order valence-electron chi connectivity index (χ4n) is 2.05. The Bertz CT molecular complexity index is 653. The predicted octanol–water partition coefficient (Wildman–Crippen LogP) is 3.90. The van der Waals surface area contributed by atoms with E-state index in [1.807, 2.05) is 31.2 Å². The van der Waals surface area contributed by atoms with Gasteiger partial charge in [-0.05, 0) is 44.5 Å². The largest absolute Gasteiger partial charge is 0.492 e. The van der Waals surface area contributed by atoms with Gasteiger partial charge in [0.1, 0.15) is 12.4 Å². The first-order valence-electron chi connectivity index (χ1n) is 7.71. The number of aryl methyl sites for hydroxylation is 3. The van der Waals surface area contributed by atoms with Crippen molar-refractivity contribution in [2.24, 2.45) is 0 Å². The van der Waals surface area contributed by atoms with Gasteiger partial charge in [0.25, 0.3) is 0 Å². The topological polar surface area (TPSA) is 38.3 Å².